The van der Waals surface area contributed by atoms with Gasteiger partial charge in [0, 0.05) is 0 Å². The van der Waals surface area contributed by atoms with E-state index in [-0.39, 0.29) is 0 Å². The summed E-state index contributed by atoms with van der Waals surface area (Å²) in [7, 11) is 0. The van der Waals surface area contributed by atoms with Gasteiger partial charge in [0.25, 0.3) is 5.76 Å². The number of hydrogen-bond acceptors (Lipinski definition) is 3. The fourth-order valence-corrected chi connectivity index (χ4v) is 0.467. The third kappa shape index (κ3) is 1.04. The molecule has 10 heavy (non-hydrogen) atoms. The molecule has 0 saturated carbocycles. The molecule has 3 nitrogen and oxygen atoms in total. The molecule has 1 rings (SSSR count). The second-order valence-corrected chi connectivity index (χ2v) is 1.56. The molecule has 56 valence electrons. The number of aromatic nitrogens is 1. The monoisotopic (exact) mass is 152 g/mol. The van der Waals surface area contributed by atoms with Crippen molar-refractivity contribution in [3.63, 3.8) is 0 Å². The summed E-state index contributed by atoms with van der Waals surface area (Å²) in [6.45, 7) is 0. The molecule has 0 bridgehead atoms. The van der Waals surface area contributed by atoms with Crippen LogP contribution in [0.3, 0.4) is 0 Å². The summed E-state index contributed by atoms with van der Waals surface area (Å²) in [5.41, 5.74) is 4.80. The Bertz CT molecular complexity index is 229. The molecule has 0 aliphatic carbocycles. The van der Waals surface area contributed by atoms with Gasteiger partial charge in [-0.15, -0.1) is 0 Å². The van der Waals surface area contributed by atoms with E-state index in [1.165, 1.54) is 0 Å². The van der Waals surface area contributed by atoms with Crippen molar-refractivity contribution in [2.24, 2.45) is 0 Å². The topological polar surface area (TPSA) is 52.0 Å². The quantitative estimate of drug-likeness (QED) is 0.609. The first kappa shape index (κ1) is 6.91. The molecule has 0 unspecified atom stereocenters. The van der Waals surface area contributed by atoms with Crippen molar-refractivity contribution in [1.29, 1.82) is 0 Å². The van der Waals surface area contributed by atoms with Crippen molar-refractivity contribution >= 4 is 5.82 Å². The van der Waals surface area contributed by atoms with Crippen LogP contribution in [0.4, 0.5) is 19.0 Å². The van der Waals surface area contributed by atoms with Gasteiger partial charge in [-0.25, -0.2) is 0 Å². The van der Waals surface area contributed by atoms with Gasteiger partial charge in [0.2, 0.25) is 0 Å². The average Bonchev–Trinajstić information content (AvgIpc) is 2.11. The Kier molecular flexibility index (Phi) is 1.31. The fraction of sp³-hybridized carbons (Fsp3) is 0.250. The molecule has 0 radical (unpaired) electrons. The molecule has 1 aromatic heterocycles. The highest BCUT2D eigenvalue weighted by molar-refractivity contribution is 5.32. The number of nitrogen functional groups attached to an aromatic ring is 1. The van der Waals surface area contributed by atoms with Gasteiger partial charge in [-0.2, -0.15) is 18.2 Å². The predicted molar refractivity (Wildman–Crippen MR) is 25.9 cm³/mol. The number of halogens is 3. The van der Waals surface area contributed by atoms with Crippen molar-refractivity contribution in [3.05, 3.63) is 12.2 Å². The highest BCUT2D eigenvalue weighted by atomic mass is 19.4. The number of oxazole rings is 1. The van der Waals surface area contributed by atoms with Crippen LogP contribution in [0.25, 0.3) is 0 Å². The van der Waals surface area contributed by atoms with Crippen molar-refractivity contribution in [3.8, 4) is 0 Å². The minimum Gasteiger partial charge on any atom is -0.437 e. The lowest BCUT2D eigenvalue weighted by Crippen LogP contribution is -2.06. The summed E-state index contributed by atoms with van der Waals surface area (Å²) >= 11 is 0. The number of anilines is 1. The molecular formula is C4H3F3N2O. The van der Waals surface area contributed by atoms with E-state index in [2.05, 4.69) is 9.40 Å². The van der Waals surface area contributed by atoms with Crippen molar-refractivity contribution < 1.29 is 17.6 Å². The van der Waals surface area contributed by atoms with Gasteiger partial charge < -0.3 is 10.2 Å². The van der Waals surface area contributed by atoms with Crippen molar-refractivity contribution in [2.45, 2.75) is 6.18 Å². The van der Waals surface area contributed by atoms with Gasteiger partial charge in [0.1, 0.15) is 0 Å². The molecule has 1 heterocycles. The summed E-state index contributed by atoms with van der Waals surface area (Å²) in [5.74, 6) is -1.87. The molecule has 0 aromatic carbocycles. The van der Waals surface area contributed by atoms with Gasteiger partial charge >= 0.3 is 6.18 Å². The molecule has 0 amide bonds. The summed E-state index contributed by atoms with van der Waals surface area (Å²) in [6, 6.07) is 0. The van der Waals surface area contributed by atoms with Crippen LogP contribution < -0.4 is 5.73 Å². The maximum Gasteiger partial charge on any atom is 0.453 e. The van der Waals surface area contributed by atoms with E-state index in [1.807, 2.05) is 0 Å². The van der Waals surface area contributed by atoms with Gasteiger partial charge in [-0.3, -0.25) is 0 Å². The molecular weight excluding hydrogens is 149 g/mol. The summed E-state index contributed by atoms with van der Waals surface area (Å²) < 4.78 is 39.0. The average molecular weight is 152 g/mol. The van der Waals surface area contributed by atoms with Gasteiger partial charge in [-0.1, -0.05) is 0 Å². The predicted octanol–water partition coefficient (Wildman–Crippen LogP) is 1.28. The molecule has 2 N–H and O–H groups in total. The fourth-order valence-electron chi connectivity index (χ4n) is 0.467. The lowest BCUT2D eigenvalue weighted by atomic mass is 10.5. The van der Waals surface area contributed by atoms with Gasteiger partial charge in [-0.05, 0) is 0 Å². The standard InChI is InChI=1S/C4H3F3N2O/c5-4(6,7)2-3(8)9-1-10-2/h1H,8H2. The first-order valence-electron chi connectivity index (χ1n) is 2.28. The lowest BCUT2D eigenvalue weighted by Gasteiger charge is -1.99. The van der Waals surface area contributed by atoms with E-state index < -0.39 is 17.8 Å². The molecule has 0 spiro atoms. The largest absolute Gasteiger partial charge is 0.453 e. The highest BCUT2D eigenvalue weighted by Gasteiger charge is 2.37. The van der Waals surface area contributed by atoms with Crippen LogP contribution >= 0.6 is 0 Å². The van der Waals surface area contributed by atoms with Crippen LogP contribution in [-0.4, -0.2) is 4.98 Å². The van der Waals surface area contributed by atoms with Crippen LogP contribution in [0.1, 0.15) is 5.76 Å². The number of rotatable bonds is 0. The van der Waals surface area contributed by atoms with Gasteiger partial charge in [0.15, 0.2) is 12.2 Å². The van der Waals surface area contributed by atoms with Crippen molar-refractivity contribution in [2.75, 3.05) is 5.73 Å². The molecule has 6 heteroatoms. The molecule has 1 aromatic rings. The Balaban J connectivity index is 3.05. The third-order valence-electron chi connectivity index (χ3n) is 0.852. The van der Waals surface area contributed by atoms with Crippen LogP contribution in [0, 0.1) is 0 Å². The van der Waals surface area contributed by atoms with Crippen LogP contribution in [-0.2, 0) is 6.18 Å². The Morgan fingerprint density at radius 2 is 2.10 bits per heavy atom. The number of nitrogens with zero attached hydrogens (tertiary/aromatic N) is 1. The van der Waals surface area contributed by atoms with E-state index in [0.717, 1.165) is 0 Å². The third-order valence-corrected chi connectivity index (χ3v) is 0.852. The van der Waals surface area contributed by atoms with E-state index in [4.69, 9.17) is 5.73 Å². The molecule has 0 aliphatic heterocycles. The second kappa shape index (κ2) is 1.89. The second-order valence-electron chi connectivity index (χ2n) is 1.56. The van der Waals surface area contributed by atoms with E-state index in [0.29, 0.717) is 6.39 Å². The zero-order valence-electron chi connectivity index (χ0n) is 4.64. The Morgan fingerprint density at radius 3 is 2.30 bits per heavy atom. The van der Waals surface area contributed by atoms with Crippen LogP contribution in [0.15, 0.2) is 10.8 Å². The Hall–Kier alpha value is -1.20. The molecule has 0 saturated heterocycles. The summed E-state index contributed by atoms with van der Waals surface area (Å²) in [6.07, 6.45) is -3.89. The Morgan fingerprint density at radius 1 is 1.50 bits per heavy atom. The highest BCUT2D eigenvalue weighted by Crippen LogP contribution is 2.32. The lowest BCUT2D eigenvalue weighted by molar-refractivity contribution is -0.152. The zero-order valence-corrected chi connectivity index (χ0v) is 4.64. The van der Waals surface area contributed by atoms with Crippen LogP contribution in [0.5, 0.6) is 0 Å². The first-order valence-corrected chi connectivity index (χ1v) is 2.28. The number of nitrogens with two attached hydrogens (primary N) is 1. The van der Waals surface area contributed by atoms with Crippen molar-refractivity contribution in [1.82, 2.24) is 4.98 Å². The minimum absolute atomic E-state index is 0.632. The smallest absolute Gasteiger partial charge is 0.437 e. The Labute approximate surface area is 53.6 Å². The maximum absolute atomic E-state index is 11.7. The zero-order chi connectivity index (χ0) is 7.78. The minimum atomic E-state index is -4.54. The molecule has 0 aliphatic rings. The van der Waals surface area contributed by atoms with Crippen LogP contribution in [0.2, 0.25) is 0 Å². The molecule has 0 atom stereocenters. The first-order chi connectivity index (χ1) is 4.52. The van der Waals surface area contributed by atoms with Gasteiger partial charge in [0.05, 0.1) is 0 Å². The SMILES string of the molecule is Nc1ncoc1C(F)(F)F. The normalized spacial score (nSPS) is 11.9. The summed E-state index contributed by atoms with van der Waals surface area (Å²) in [4.78, 5) is 3.07. The number of hydrogen-bond donors (Lipinski definition) is 1. The summed E-state index contributed by atoms with van der Waals surface area (Å²) in [5, 5.41) is 0. The van der Waals surface area contributed by atoms with E-state index in [9.17, 15) is 13.2 Å². The maximum atomic E-state index is 11.7. The van der Waals surface area contributed by atoms with E-state index in [1.54, 1.807) is 0 Å². The molecule has 0 fully saturated rings. The van der Waals surface area contributed by atoms with E-state index >= 15 is 0 Å². The number of alkyl halides is 3.